The van der Waals surface area contributed by atoms with Crippen molar-refractivity contribution < 1.29 is 13.9 Å². The Balaban J connectivity index is 1.35. The van der Waals surface area contributed by atoms with E-state index in [-0.39, 0.29) is 18.1 Å². The number of rotatable bonds is 5. The smallest absolute Gasteiger partial charge is 0.224 e. The van der Waals surface area contributed by atoms with Crippen LogP contribution in [0.4, 0.5) is 4.39 Å². The number of benzene rings is 3. The van der Waals surface area contributed by atoms with E-state index in [0.717, 1.165) is 35.5 Å². The number of hydrogen-bond donors (Lipinski definition) is 1. The summed E-state index contributed by atoms with van der Waals surface area (Å²) in [5, 5.41) is 2.91. The minimum absolute atomic E-state index is 0.0793. The molecule has 1 N–H and O–H groups in total. The third-order valence-electron chi connectivity index (χ3n) is 4.74. The van der Waals surface area contributed by atoms with Gasteiger partial charge in [-0.25, -0.2) is 4.39 Å². The van der Waals surface area contributed by atoms with Gasteiger partial charge in [-0.15, -0.1) is 0 Å². The third-order valence-corrected chi connectivity index (χ3v) is 4.74. The summed E-state index contributed by atoms with van der Waals surface area (Å²) < 4.78 is 18.5. The van der Waals surface area contributed by atoms with E-state index in [1.165, 1.54) is 23.3 Å². The maximum Gasteiger partial charge on any atom is 0.224 e. The van der Waals surface area contributed by atoms with Crippen LogP contribution in [-0.4, -0.2) is 12.5 Å². The Kier molecular flexibility index (Phi) is 4.88. The zero-order valence-electron chi connectivity index (χ0n) is 14.9. The van der Waals surface area contributed by atoms with Crippen LogP contribution in [-0.2, 0) is 24.2 Å². The second-order valence-electron chi connectivity index (χ2n) is 6.70. The Morgan fingerprint density at radius 2 is 1.63 bits per heavy atom. The van der Waals surface area contributed by atoms with Gasteiger partial charge in [0.2, 0.25) is 5.91 Å². The molecule has 0 bridgehead atoms. The van der Waals surface area contributed by atoms with Gasteiger partial charge in [0, 0.05) is 13.0 Å². The molecule has 0 fully saturated rings. The molecule has 1 aliphatic rings. The topological polar surface area (TPSA) is 38.3 Å². The first-order chi connectivity index (χ1) is 13.2. The van der Waals surface area contributed by atoms with Crippen LogP contribution < -0.4 is 10.1 Å². The van der Waals surface area contributed by atoms with Crippen LogP contribution in [0.25, 0.3) is 11.1 Å². The van der Waals surface area contributed by atoms with Crippen molar-refractivity contribution in [2.75, 3.05) is 6.61 Å². The highest BCUT2D eigenvalue weighted by molar-refractivity contribution is 5.78. The summed E-state index contributed by atoms with van der Waals surface area (Å²) in [6, 6.07) is 20.5. The minimum Gasteiger partial charge on any atom is -0.493 e. The van der Waals surface area contributed by atoms with E-state index in [1.807, 2.05) is 18.2 Å². The Hall–Kier alpha value is -3.14. The van der Waals surface area contributed by atoms with Crippen molar-refractivity contribution in [3.63, 3.8) is 0 Å². The molecule has 0 radical (unpaired) electrons. The van der Waals surface area contributed by atoms with Crippen LogP contribution in [0.15, 0.2) is 66.7 Å². The lowest BCUT2D eigenvalue weighted by atomic mass is 10.0. The fourth-order valence-corrected chi connectivity index (χ4v) is 3.23. The van der Waals surface area contributed by atoms with Crippen LogP contribution in [0.3, 0.4) is 0 Å². The highest BCUT2D eigenvalue weighted by Gasteiger charge is 2.12. The number of carbonyl (C=O) groups excluding carboxylic acids is 1. The van der Waals surface area contributed by atoms with E-state index < -0.39 is 0 Å². The summed E-state index contributed by atoms with van der Waals surface area (Å²) in [5.41, 5.74) is 5.41. The van der Waals surface area contributed by atoms with Gasteiger partial charge in [-0.3, -0.25) is 4.79 Å². The van der Waals surface area contributed by atoms with Gasteiger partial charge in [0.1, 0.15) is 11.6 Å². The molecule has 1 aliphatic heterocycles. The minimum atomic E-state index is -0.296. The number of carbonyl (C=O) groups is 1. The molecule has 0 saturated heterocycles. The zero-order chi connectivity index (χ0) is 18.6. The first-order valence-corrected chi connectivity index (χ1v) is 9.03. The lowest BCUT2D eigenvalue weighted by molar-refractivity contribution is -0.120. The van der Waals surface area contributed by atoms with Crippen LogP contribution in [0.1, 0.15) is 16.7 Å². The summed E-state index contributed by atoms with van der Waals surface area (Å²) in [6.45, 7) is 1.23. The molecule has 4 rings (SSSR count). The monoisotopic (exact) mass is 361 g/mol. The van der Waals surface area contributed by atoms with Gasteiger partial charge in [-0.05, 0) is 52.1 Å². The van der Waals surface area contributed by atoms with Gasteiger partial charge < -0.3 is 10.1 Å². The zero-order valence-corrected chi connectivity index (χ0v) is 14.9. The van der Waals surface area contributed by atoms with Crippen molar-refractivity contribution in [1.29, 1.82) is 0 Å². The second-order valence-corrected chi connectivity index (χ2v) is 6.70. The molecular weight excluding hydrogens is 341 g/mol. The number of hydrogen-bond acceptors (Lipinski definition) is 2. The molecular formula is C23H20FNO2. The fourth-order valence-electron chi connectivity index (χ4n) is 3.23. The van der Waals surface area contributed by atoms with E-state index in [1.54, 1.807) is 12.1 Å². The van der Waals surface area contributed by atoms with Gasteiger partial charge in [-0.1, -0.05) is 42.5 Å². The molecule has 0 saturated carbocycles. The van der Waals surface area contributed by atoms with E-state index in [9.17, 15) is 9.18 Å². The predicted octanol–water partition coefficient (Wildman–Crippen LogP) is 4.29. The molecule has 0 aliphatic carbocycles. The molecule has 1 amide bonds. The average molecular weight is 361 g/mol. The van der Waals surface area contributed by atoms with Gasteiger partial charge in [-0.2, -0.15) is 0 Å². The molecule has 0 spiro atoms. The summed E-state index contributed by atoms with van der Waals surface area (Å²) in [4.78, 5) is 12.1. The quantitative estimate of drug-likeness (QED) is 0.736. The standard InChI is InChI=1S/C23H20FNO2/c24-21-8-3-16(4-9-21)13-23(26)25-15-17-1-5-18(6-2-17)19-7-10-22-20(14-19)11-12-27-22/h1-10,14H,11-13,15H2,(H,25,26). The first kappa shape index (κ1) is 17.3. The van der Waals surface area contributed by atoms with Crippen LogP contribution in [0.5, 0.6) is 5.75 Å². The summed E-state index contributed by atoms with van der Waals surface area (Å²) in [5.74, 6) is 0.610. The van der Waals surface area contributed by atoms with Gasteiger partial charge in [0.25, 0.3) is 0 Å². The first-order valence-electron chi connectivity index (χ1n) is 9.03. The van der Waals surface area contributed by atoms with Gasteiger partial charge in [0.05, 0.1) is 13.0 Å². The number of ether oxygens (including phenoxy) is 1. The van der Waals surface area contributed by atoms with Gasteiger partial charge >= 0.3 is 0 Å². The Labute approximate surface area is 157 Å². The third kappa shape index (κ3) is 4.17. The van der Waals surface area contributed by atoms with Crippen LogP contribution in [0, 0.1) is 5.82 Å². The van der Waals surface area contributed by atoms with E-state index in [0.29, 0.717) is 6.54 Å². The molecule has 27 heavy (non-hydrogen) atoms. The fraction of sp³-hybridized carbons (Fsp3) is 0.174. The molecule has 0 unspecified atom stereocenters. The van der Waals surface area contributed by atoms with Crippen molar-refractivity contribution in [3.8, 4) is 16.9 Å². The van der Waals surface area contributed by atoms with E-state index in [2.05, 4.69) is 29.6 Å². The maximum atomic E-state index is 12.9. The second kappa shape index (κ2) is 7.62. The number of fused-ring (bicyclic) bond motifs is 1. The van der Waals surface area contributed by atoms with Crippen molar-refractivity contribution in [1.82, 2.24) is 5.32 Å². The molecule has 3 aromatic rings. The van der Waals surface area contributed by atoms with Crippen molar-refractivity contribution in [2.24, 2.45) is 0 Å². The molecule has 0 atom stereocenters. The summed E-state index contributed by atoms with van der Waals surface area (Å²) in [7, 11) is 0. The number of nitrogens with one attached hydrogen (secondary N) is 1. The highest BCUT2D eigenvalue weighted by atomic mass is 19.1. The molecule has 136 valence electrons. The normalized spacial score (nSPS) is 12.3. The lowest BCUT2D eigenvalue weighted by Crippen LogP contribution is -2.24. The highest BCUT2D eigenvalue weighted by Crippen LogP contribution is 2.30. The average Bonchev–Trinajstić information content (AvgIpc) is 3.16. The van der Waals surface area contributed by atoms with E-state index >= 15 is 0 Å². The Morgan fingerprint density at radius 3 is 2.41 bits per heavy atom. The van der Waals surface area contributed by atoms with Crippen LogP contribution in [0.2, 0.25) is 0 Å². The van der Waals surface area contributed by atoms with Crippen molar-refractivity contribution >= 4 is 5.91 Å². The SMILES string of the molecule is O=C(Cc1ccc(F)cc1)NCc1ccc(-c2ccc3c(c2)CCO3)cc1. The molecule has 0 aromatic heterocycles. The number of amides is 1. The molecule has 4 heteroatoms. The summed E-state index contributed by atoms with van der Waals surface area (Å²) >= 11 is 0. The largest absolute Gasteiger partial charge is 0.493 e. The Bertz CT molecular complexity index is 949. The van der Waals surface area contributed by atoms with Crippen LogP contribution >= 0.6 is 0 Å². The van der Waals surface area contributed by atoms with E-state index in [4.69, 9.17) is 4.74 Å². The van der Waals surface area contributed by atoms with Crippen molar-refractivity contribution in [3.05, 3.63) is 89.2 Å². The van der Waals surface area contributed by atoms with Crippen molar-refractivity contribution in [2.45, 2.75) is 19.4 Å². The predicted molar refractivity (Wildman–Crippen MR) is 103 cm³/mol. The summed E-state index contributed by atoms with van der Waals surface area (Å²) in [6.07, 6.45) is 1.21. The Morgan fingerprint density at radius 1 is 0.926 bits per heavy atom. The molecule has 3 nitrogen and oxygen atoms in total. The number of halogens is 1. The maximum absolute atomic E-state index is 12.9. The lowest BCUT2D eigenvalue weighted by Gasteiger charge is -2.08. The molecule has 3 aromatic carbocycles. The molecule has 1 heterocycles. The van der Waals surface area contributed by atoms with Gasteiger partial charge in [0.15, 0.2) is 0 Å².